The summed E-state index contributed by atoms with van der Waals surface area (Å²) in [6.07, 6.45) is 1.58. The minimum atomic E-state index is -0.613. The average molecular weight is 575 g/mol. The van der Waals surface area contributed by atoms with Gasteiger partial charge in [-0.3, -0.25) is 0 Å². The molecule has 33 heavy (non-hydrogen) atoms. The van der Waals surface area contributed by atoms with Crippen LogP contribution in [0.25, 0.3) is 6.08 Å². The van der Waals surface area contributed by atoms with E-state index in [4.69, 9.17) is 14.2 Å². The van der Waals surface area contributed by atoms with Crippen LogP contribution in [0.4, 0.5) is 4.39 Å². The number of ether oxygens (including phenoxy) is 3. The largest absolute Gasteiger partial charge is 0.490 e. The number of carbonyl (C=O) groups excluding carboxylic acids is 1. The summed E-state index contributed by atoms with van der Waals surface area (Å²) < 4.78 is 32.2. The molecule has 5 nitrogen and oxygen atoms in total. The lowest BCUT2D eigenvalue weighted by Crippen LogP contribution is -2.05. The molecule has 8 heteroatoms. The van der Waals surface area contributed by atoms with Gasteiger partial charge in [0, 0.05) is 10.0 Å². The minimum Gasteiger partial charge on any atom is -0.490 e. The maximum Gasteiger partial charge on any atom is 0.363 e. The summed E-state index contributed by atoms with van der Waals surface area (Å²) in [6, 6.07) is 17.1. The van der Waals surface area contributed by atoms with Crippen LogP contribution in [0.15, 0.2) is 80.3 Å². The van der Waals surface area contributed by atoms with E-state index in [0.717, 1.165) is 10.0 Å². The molecule has 0 saturated carbocycles. The maximum absolute atomic E-state index is 13.5. The van der Waals surface area contributed by atoms with E-state index >= 15 is 0 Å². The minimum absolute atomic E-state index is 0.0591. The van der Waals surface area contributed by atoms with E-state index < -0.39 is 11.8 Å². The van der Waals surface area contributed by atoms with Crippen LogP contribution in [0.5, 0.6) is 11.5 Å². The second kappa shape index (κ2) is 10.3. The number of cyclic esters (lactones) is 1. The zero-order chi connectivity index (χ0) is 23.4. The molecule has 1 aliphatic rings. The zero-order valence-electron chi connectivity index (χ0n) is 17.5. The predicted molar refractivity (Wildman–Crippen MR) is 131 cm³/mol. The number of rotatable bonds is 7. The molecule has 0 spiro atoms. The van der Waals surface area contributed by atoms with Gasteiger partial charge in [-0.15, -0.1) is 0 Å². The number of hydrogen-bond donors (Lipinski definition) is 0. The Kier molecular flexibility index (Phi) is 7.25. The fourth-order valence-electron chi connectivity index (χ4n) is 3.17. The van der Waals surface area contributed by atoms with Crippen LogP contribution in [0.3, 0.4) is 0 Å². The molecular weight excluding hydrogens is 557 g/mol. The highest BCUT2D eigenvalue weighted by Gasteiger charge is 2.25. The highest BCUT2D eigenvalue weighted by atomic mass is 79.9. The molecular formula is C25H18Br2FNO4. The van der Waals surface area contributed by atoms with Crippen LogP contribution < -0.4 is 9.47 Å². The Hall–Kier alpha value is -2.97. The highest BCUT2D eigenvalue weighted by molar-refractivity contribution is 9.10. The van der Waals surface area contributed by atoms with Crippen molar-refractivity contribution in [2.75, 3.05) is 6.61 Å². The average Bonchev–Trinajstić information content (AvgIpc) is 3.14. The van der Waals surface area contributed by atoms with Crippen LogP contribution in [0, 0.1) is 5.82 Å². The number of hydrogen-bond acceptors (Lipinski definition) is 5. The molecule has 0 aromatic heterocycles. The molecule has 1 aliphatic heterocycles. The van der Waals surface area contributed by atoms with E-state index in [1.54, 1.807) is 24.3 Å². The number of benzene rings is 3. The van der Waals surface area contributed by atoms with Gasteiger partial charge < -0.3 is 14.2 Å². The summed E-state index contributed by atoms with van der Waals surface area (Å²) in [7, 11) is 0. The Morgan fingerprint density at radius 3 is 2.64 bits per heavy atom. The monoisotopic (exact) mass is 573 g/mol. The molecule has 3 aromatic rings. The zero-order valence-corrected chi connectivity index (χ0v) is 20.7. The van der Waals surface area contributed by atoms with Crippen molar-refractivity contribution in [3.05, 3.63) is 97.8 Å². The van der Waals surface area contributed by atoms with Crippen LogP contribution in [-0.4, -0.2) is 18.5 Å². The predicted octanol–water partition coefficient (Wildman–Crippen LogP) is 6.67. The molecule has 0 bridgehead atoms. The van der Waals surface area contributed by atoms with E-state index in [1.807, 2.05) is 31.2 Å². The summed E-state index contributed by atoms with van der Waals surface area (Å²) >= 11 is 7.00. The van der Waals surface area contributed by atoms with Crippen molar-refractivity contribution in [1.82, 2.24) is 0 Å². The first-order chi connectivity index (χ1) is 15.9. The summed E-state index contributed by atoms with van der Waals surface area (Å²) in [5.41, 5.74) is 2.15. The molecule has 3 aromatic carbocycles. The summed E-state index contributed by atoms with van der Waals surface area (Å²) in [6.45, 7) is 2.66. The van der Waals surface area contributed by atoms with Crippen molar-refractivity contribution in [3.63, 3.8) is 0 Å². The Morgan fingerprint density at radius 1 is 1.06 bits per heavy atom. The molecule has 1 heterocycles. The lowest BCUT2D eigenvalue weighted by atomic mass is 10.1. The highest BCUT2D eigenvalue weighted by Crippen LogP contribution is 2.38. The van der Waals surface area contributed by atoms with E-state index in [-0.39, 0.29) is 11.6 Å². The first-order valence-electron chi connectivity index (χ1n) is 10.0. The number of carbonyl (C=O) groups is 1. The van der Waals surface area contributed by atoms with Crippen molar-refractivity contribution >= 4 is 49.8 Å². The fraction of sp³-hybridized carbons (Fsp3) is 0.120. The Morgan fingerprint density at radius 2 is 1.88 bits per heavy atom. The van der Waals surface area contributed by atoms with Gasteiger partial charge in [0.05, 0.1) is 11.1 Å². The molecule has 0 atom stereocenters. The van der Waals surface area contributed by atoms with Gasteiger partial charge in [-0.05, 0) is 82.5 Å². The van der Waals surface area contributed by atoms with Gasteiger partial charge in [0.2, 0.25) is 5.90 Å². The van der Waals surface area contributed by atoms with Gasteiger partial charge >= 0.3 is 5.97 Å². The quantitative estimate of drug-likeness (QED) is 0.233. The van der Waals surface area contributed by atoms with E-state index in [1.165, 1.54) is 18.2 Å². The standard InChI is InChI=1S/C25H18Br2FNO4/c1-2-31-22-12-16(10-20(27)23(22)32-14-15-5-3-7-18(26)9-15)11-21-25(30)33-24(29-21)17-6-4-8-19(28)13-17/h3-13H,2,14H2,1H3/b21-11-. The van der Waals surface area contributed by atoms with Crippen molar-refractivity contribution < 1.29 is 23.4 Å². The second-order valence-corrected chi connectivity index (χ2v) is 8.80. The van der Waals surface area contributed by atoms with Crippen molar-refractivity contribution in [1.29, 1.82) is 0 Å². The van der Waals surface area contributed by atoms with Crippen LogP contribution >= 0.6 is 31.9 Å². The molecule has 0 unspecified atom stereocenters. The molecule has 0 radical (unpaired) electrons. The number of halogens is 3. The molecule has 0 saturated heterocycles. The fourth-order valence-corrected chi connectivity index (χ4v) is 4.19. The van der Waals surface area contributed by atoms with Crippen LogP contribution in [-0.2, 0) is 16.1 Å². The van der Waals surface area contributed by atoms with Crippen molar-refractivity contribution in [2.45, 2.75) is 13.5 Å². The van der Waals surface area contributed by atoms with Gasteiger partial charge in [-0.25, -0.2) is 14.2 Å². The summed E-state index contributed by atoms with van der Waals surface area (Å²) in [4.78, 5) is 16.6. The molecule has 0 amide bonds. The van der Waals surface area contributed by atoms with Gasteiger partial charge in [0.1, 0.15) is 12.4 Å². The third kappa shape index (κ3) is 5.69. The molecule has 0 fully saturated rings. The first kappa shape index (κ1) is 23.2. The lowest BCUT2D eigenvalue weighted by Gasteiger charge is -2.15. The Bertz CT molecular complexity index is 1270. The van der Waals surface area contributed by atoms with E-state index in [0.29, 0.717) is 40.3 Å². The number of nitrogens with zero attached hydrogens (tertiary/aromatic N) is 1. The second-order valence-electron chi connectivity index (χ2n) is 7.03. The smallest absolute Gasteiger partial charge is 0.363 e. The van der Waals surface area contributed by atoms with Gasteiger partial charge in [-0.1, -0.05) is 34.1 Å². The normalized spacial score (nSPS) is 14.2. The molecule has 4 rings (SSSR count). The topological polar surface area (TPSA) is 57.1 Å². The lowest BCUT2D eigenvalue weighted by molar-refractivity contribution is -0.129. The Balaban J connectivity index is 1.61. The Labute approximate surface area is 207 Å². The molecule has 0 aliphatic carbocycles. The van der Waals surface area contributed by atoms with Crippen molar-refractivity contribution in [2.24, 2.45) is 4.99 Å². The van der Waals surface area contributed by atoms with Gasteiger partial charge in [0.15, 0.2) is 17.2 Å². The SMILES string of the molecule is CCOc1cc(/C=C2\N=C(c3cccc(F)c3)OC2=O)cc(Br)c1OCc1cccc(Br)c1. The summed E-state index contributed by atoms with van der Waals surface area (Å²) in [5, 5.41) is 0. The third-order valence-corrected chi connectivity index (χ3v) is 5.68. The first-order valence-corrected chi connectivity index (χ1v) is 11.6. The van der Waals surface area contributed by atoms with E-state index in [2.05, 4.69) is 36.9 Å². The van der Waals surface area contributed by atoms with Gasteiger partial charge in [-0.2, -0.15) is 0 Å². The van der Waals surface area contributed by atoms with Crippen LogP contribution in [0.1, 0.15) is 23.6 Å². The molecule has 0 N–H and O–H groups in total. The number of aliphatic imine (C=N–C) groups is 1. The summed E-state index contributed by atoms with van der Waals surface area (Å²) in [5.74, 6) is 0.0842. The number of esters is 1. The molecule has 168 valence electrons. The third-order valence-electron chi connectivity index (χ3n) is 4.60. The van der Waals surface area contributed by atoms with E-state index in [9.17, 15) is 9.18 Å². The maximum atomic E-state index is 13.5. The van der Waals surface area contributed by atoms with Crippen molar-refractivity contribution in [3.8, 4) is 11.5 Å². The van der Waals surface area contributed by atoms with Crippen LogP contribution in [0.2, 0.25) is 0 Å². The van der Waals surface area contributed by atoms with Gasteiger partial charge in [0.25, 0.3) is 0 Å².